The molecular weight excluding hydrogens is 193 g/mol. The molecule has 0 radical (unpaired) electrons. The fourth-order valence-electron chi connectivity index (χ4n) is 1.33. The number of hydrogen-bond donors (Lipinski definition) is 0. The number of nitrogens with zero attached hydrogens (tertiary/aromatic N) is 1. The van der Waals surface area contributed by atoms with Crippen LogP contribution < -0.4 is 0 Å². The van der Waals surface area contributed by atoms with Crippen LogP contribution in [0.3, 0.4) is 0 Å². The Morgan fingerprint density at radius 1 is 1.00 bits per heavy atom. The molecule has 0 amide bonds. The molecule has 0 bridgehead atoms. The van der Waals surface area contributed by atoms with Gasteiger partial charge in [-0.2, -0.15) is 0 Å². The third-order valence-corrected chi connectivity index (χ3v) is 1.69. The predicted octanol–water partition coefficient (Wildman–Crippen LogP) is 3.55. The minimum atomic E-state index is 0.194. The minimum Gasteiger partial charge on any atom is -0.299 e. The van der Waals surface area contributed by atoms with E-state index in [1.165, 1.54) is 0 Å². The maximum atomic E-state index is 4.76. The molecule has 3 heteroatoms. The zero-order chi connectivity index (χ0) is 10.1. The van der Waals surface area contributed by atoms with Gasteiger partial charge in [-0.15, -0.1) is 23.2 Å². The molecule has 0 saturated carbocycles. The highest BCUT2D eigenvalue weighted by molar-refractivity contribution is 6.40. The monoisotopic (exact) mass is 213 g/mol. The van der Waals surface area contributed by atoms with Gasteiger partial charge in [-0.05, 0) is 34.2 Å². The first-order valence-electron chi connectivity index (χ1n) is 4.38. The highest BCUT2D eigenvalue weighted by Gasteiger charge is 2.08. The number of halogens is 2. The van der Waals surface area contributed by atoms with Gasteiger partial charge < -0.3 is 0 Å². The zero-order valence-corrected chi connectivity index (χ0v) is 10.3. The van der Waals surface area contributed by atoms with E-state index in [1.54, 1.807) is 0 Å². The molecule has 76 valence electrons. The average Bonchev–Trinajstić information content (AvgIpc) is 1.88. The number of alkyl halides is 2. The summed E-state index contributed by atoms with van der Waals surface area (Å²) < 4.78 is 0. The van der Waals surface area contributed by atoms with E-state index in [0.717, 1.165) is 6.54 Å². The standard InChI is InChI=1S/C8H19N.CH2Cl2/c1-6-9(7(2)3)8(4)5;2-1-3/h7-8H,6H2,1-5H3;1H2. The molecule has 0 aliphatic rings. The van der Waals surface area contributed by atoms with Gasteiger partial charge in [0.1, 0.15) is 0 Å². The Labute approximate surface area is 87.0 Å². The SMILES string of the molecule is CCN(C(C)C)C(C)C.ClCCl. The van der Waals surface area contributed by atoms with Crippen LogP contribution in [0, 0.1) is 0 Å². The molecule has 0 N–H and O–H groups in total. The van der Waals surface area contributed by atoms with E-state index in [4.69, 9.17) is 23.2 Å². The molecule has 0 atom stereocenters. The quantitative estimate of drug-likeness (QED) is 0.649. The van der Waals surface area contributed by atoms with Gasteiger partial charge in [-0.1, -0.05) is 6.92 Å². The molecule has 0 aromatic heterocycles. The molecule has 0 unspecified atom stereocenters. The van der Waals surface area contributed by atoms with Crippen molar-refractivity contribution in [3.05, 3.63) is 0 Å². The Bertz CT molecular complexity index is 76.6. The number of hydrogen-bond acceptors (Lipinski definition) is 1. The minimum absolute atomic E-state index is 0.194. The molecule has 0 aliphatic carbocycles. The zero-order valence-electron chi connectivity index (χ0n) is 8.77. The molecule has 0 spiro atoms. The molecule has 0 aromatic rings. The van der Waals surface area contributed by atoms with Crippen LogP contribution in [0.25, 0.3) is 0 Å². The third-order valence-electron chi connectivity index (χ3n) is 1.69. The van der Waals surface area contributed by atoms with Crippen LogP contribution in [0.1, 0.15) is 34.6 Å². The molecule has 1 nitrogen and oxygen atoms in total. The van der Waals surface area contributed by atoms with Gasteiger partial charge in [0.15, 0.2) is 0 Å². The molecule has 0 heterocycles. The van der Waals surface area contributed by atoms with E-state index >= 15 is 0 Å². The van der Waals surface area contributed by atoms with Gasteiger partial charge >= 0.3 is 0 Å². The Kier molecular flexibility index (Phi) is 12.1. The first-order valence-corrected chi connectivity index (χ1v) is 5.45. The van der Waals surface area contributed by atoms with Crippen LogP contribution >= 0.6 is 23.2 Å². The van der Waals surface area contributed by atoms with E-state index in [2.05, 4.69) is 39.5 Å². The van der Waals surface area contributed by atoms with Crippen molar-refractivity contribution in [2.75, 3.05) is 11.9 Å². The summed E-state index contributed by atoms with van der Waals surface area (Å²) in [6.45, 7) is 12.3. The van der Waals surface area contributed by atoms with Crippen molar-refractivity contribution in [2.45, 2.75) is 46.7 Å². The second-order valence-electron chi connectivity index (χ2n) is 3.12. The summed E-state index contributed by atoms with van der Waals surface area (Å²) >= 11 is 9.53. The molecule has 0 aromatic carbocycles. The fraction of sp³-hybridized carbons (Fsp3) is 1.00. The van der Waals surface area contributed by atoms with E-state index in [9.17, 15) is 0 Å². The summed E-state index contributed by atoms with van der Waals surface area (Å²) in [6.07, 6.45) is 0. The summed E-state index contributed by atoms with van der Waals surface area (Å²) in [7, 11) is 0. The third kappa shape index (κ3) is 8.63. The van der Waals surface area contributed by atoms with Crippen LogP contribution in [-0.4, -0.2) is 28.9 Å². The van der Waals surface area contributed by atoms with Crippen molar-refractivity contribution < 1.29 is 0 Å². The van der Waals surface area contributed by atoms with Gasteiger partial charge in [0, 0.05) is 12.1 Å². The van der Waals surface area contributed by atoms with Gasteiger partial charge in [-0.3, -0.25) is 4.90 Å². The lowest BCUT2D eigenvalue weighted by molar-refractivity contribution is 0.185. The molecule has 0 saturated heterocycles. The van der Waals surface area contributed by atoms with Crippen molar-refractivity contribution in [1.82, 2.24) is 4.90 Å². The largest absolute Gasteiger partial charge is 0.299 e. The Hall–Kier alpha value is 0.540. The lowest BCUT2D eigenvalue weighted by atomic mass is 10.2. The van der Waals surface area contributed by atoms with Gasteiger partial charge in [-0.25, -0.2) is 0 Å². The summed E-state index contributed by atoms with van der Waals surface area (Å²) in [5, 5.41) is 0.194. The van der Waals surface area contributed by atoms with Gasteiger partial charge in [0.05, 0.1) is 5.34 Å². The van der Waals surface area contributed by atoms with Crippen molar-refractivity contribution in [3.63, 3.8) is 0 Å². The first-order chi connectivity index (χ1) is 5.51. The maximum Gasteiger partial charge on any atom is 0.0967 e. The van der Waals surface area contributed by atoms with Crippen molar-refractivity contribution in [2.24, 2.45) is 0 Å². The van der Waals surface area contributed by atoms with E-state index < -0.39 is 0 Å². The fourth-order valence-corrected chi connectivity index (χ4v) is 1.33. The maximum absolute atomic E-state index is 4.76. The highest BCUT2D eigenvalue weighted by atomic mass is 35.5. The predicted molar refractivity (Wildman–Crippen MR) is 59.2 cm³/mol. The first kappa shape index (κ1) is 15.0. The van der Waals surface area contributed by atoms with Crippen LogP contribution in [-0.2, 0) is 0 Å². The second kappa shape index (κ2) is 9.63. The molecule has 0 rings (SSSR count). The van der Waals surface area contributed by atoms with Crippen molar-refractivity contribution >= 4 is 23.2 Å². The second-order valence-corrected chi connectivity index (χ2v) is 3.93. The Morgan fingerprint density at radius 3 is 1.25 bits per heavy atom. The number of rotatable bonds is 3. The van der Waals surface area contributed by atoms with E-state index in [0.29, 0.717) is 12.1 Å². The highest BCUT2D eigenvalue weighted by Crippen LogP contribution is 2.02. The Morgan fingerprint density at radius 2 is 1.25 bits per heavy atom. The van der Waals surface area contributed by atoms with Crippen molar-refractivity contribution in [1.29, 1.82) is 0 Å². The van der Waals surface area contributed by atoms with Gasteiger partial charge in [0.2, 0.25) is 0 Å². The smallest absolute Gasteiger partial charge is 0.0967 e. The summed E-state index contributed by atoms with van der Waals surface area (Å²) in [6, 6.07) is 1.38. The molecule has 12 heavy (non-hydrogen) atoms. The van der Waals surface area contributed by atoms with E-state index in [-0.39, 0.29) is 5.34 Å². The summed E-state index contributed by atoms with van der Waals surface area (Å²) in [5.41, 5.74) is 0. The van der Waals surface area contributed by atoms with Crippen molar-refractivity contribution in [3.8, 4) is 0 Å². The molecule has 0 aliphatic heterocycles. The van der Waals surface area contributed by atoms with E-state index in [1.807, 2.05) is 0 Å². The van der Waals surface area contributed by atoms with Crippen LogP contribution in [0.2, 0.25) is 0 Å². The van der Waals surface area contributed by atoms with Crippen LogP contribution in [0.15, 0.2) is 0 Å². The lowest BCUT2D eigenvalue weighted by Gasteiger charge is -2.28. The lowest BCUT2D eigenvalue weighted by Crippen LogP contribution is -2.36. The normalized spacial score (nSPS) is 10.5. The summed E-state index contributed by atoms with van der Waals surface area (Å²) in [4.78, 5) is 2.46. The molecule has 0 fully saturated rings. The Balaban J connectivity index is 0. The molecular formula is C9H21Cl2N. The topological polar surface area (TPSA) is 3.24 Å². The van der Waals surface area contributed by atoms with Gasteiger partial charge in [0.25, 0.3) is 0 Å². The summed E-state index contributed by atoms with van der Waals surface area (Å²) in [5.74, 6) is 0. The average molecular weight is 214 g/mol. The van der Waals surface area contributed by atoms with Crippen LogP contribution in [0.4, 0.5) is 0 Å². The van der Waals surface area contributed by atoms with Crippen LogP contribution in [0.5, 0.6) is 0 Å².